The number of aromatic nitrogens is 1. The minimum Gasteiger partial charge on any atom is -0.441 e. The first kappa shape index (κ1) is 16.8. The Kier molecular flexibility index (Phi) is 4.18. The van der Waals surface area contributed by atoms with E-state index in [-0.39, 0.29) is 11.7 Å². The molecule has 3 aliphatic rings. The van der Waals surface area contributed by atoms with Gasteiger partial charge in [0.15, 0.2) is 11.5 Å². The fraction of sp³-hybridized carbons (Fsp3) is 0.350. The van der Waals surface area contributed by atoms with Crippen LogP contribution < -0.4 is 5.32 Å². The first-order valence-corrected chi connectivity index (χ1v) is 10.4. The zero-order valence-corrected chi connectivity index (χ0v) is 16.1. The van der Waals surface area contributed by atoms with Crippen LogP contribution in [-0.4, -0.2) is 40.5 Å². The van der Waals surface area contributed by atoms with Gasteiger partial charge in [0, 0.05) is 18.9 Å². The molecule has 1 N–H and O–H groups in total. The molecule has 5 rings (SSSR count). The van der Waals surface area contributed by atoms with Crippen LogP contribution in [0.3, 0.4) is 0 Å². The van der Waals surface area contributed by atoms with Gasteiger partial charge in [0.05, 0.1) is 11.5 Å². The van der Waals surface area contributed by atoms with Crippen LogP contribution in [0.1, 0.15) is 24.3 Å². The molecule has 0 saturated carbocycles. The van der Waals surface area contributed by atoms with Gasteiger partial charge >= 0.3 is 0 Å². The second-order valence-electron chi connectivity index (χ2n) is 7.15. The Balaban J connectivity index is 1.42. The minimum absolute atomic E-state index is 0.00937. The monoisotopic (exact) mass is 380 g/mol. The van der Waals surface area contributed by atoms with E-state index in [9.17, 15) is 4.79 Å². The average molecular weight is 380 g/mol. The van der Waals surface area contributed by atoms with E-state index in [1.807, 2.05) is 25.1 Å². The molecule has 6 nitrogen and oxygen atoms in total. The summed E-state index contributed by atoms with van der Waals surface area (Å²) in [4.78, 5) is 17.1. The van der Waals surface area contributed by atoms with Crippen molar-refractivity contribution in [1.29, 1.82) is 0 Å². The molecule has 1 aromatic heterocycles. The van der Waals surface area contributed by atoms with Crippen molar-refractivity contribution in [3.8, 4) is 0 Å². The van der Waals surface area contributed by atoms with Crippen molar-refractivity contribution in [2.75, 3.05) is 13.1 Å². The maximum absolute atomic E-state index is 12.8. The Morgan fingerprint density at radius 3 is 3.00 bits per heavy atom. The number of oxazole rings is 1. The topological polar surface area (TPSA) is 70.7 Å². The Bertz CT molecular complexity index is 1000. The van der Waals surface area contributed by atoms with Crippen molar-refractivity contribution in [2.24, 2.45) is 11.0 Å². The minimum atomic E-state index is -0.0432. The zero-order chi connectivity index (χ0) is 18.4. The highest BCUT2D eigenvalue weighted by molar-refractivity contribution is 7.51. The molecular formula is C20H21N4O2P. The molecule has 1 fully saturated rings. The lowest BCUT2D eigenvalue weighted by Crippen LogP contribution is -2.39. The molecule has 138 valence electrons. The number of rotatable bonds is 2. The summed E-state index contributed by atoms with van der Waals surface area (Å²) in [6.07, 6.45) is 8.15. The third kappa shape index (κ3) is 3.13. The maximum Gasteiger partial charge on any atom is 0.268 e. The fourth-order valence-electron chi connectivity index (χ4n) is 3.89. The van der Waals surface area contributed by atoms with Crippen molar-refractivity contribution in [1.82, 2.24) is 15.3 Å². The first-order valence-electron chi connectivity index (χ1n) is 9.34. The number of piperidine rings is 1. The highest BCUT2D eigenvalue weighted by Crippen LogP contribution is 2.44. The number of hydrogen-bond donors (Lipinski definition) is 1. The summed E-state index contributed by atoms with van der Waals surface area (Å²) in [6, 6.07) is 5.95. The van der Waals surface area contributed by atoms with Crippen molar-refractivity contribution in [3.63, 3.8) is 0 Å². The molecule has 2 aromatic rings. The van der Waals surface area contributed by atoms with Crippen molar-refractivity contribution in [3.05, 3.63) is 47.9 Å². The van der Waals surface area contributed by atoms with Crippen molar-refractivity contribution < 1.29 is 9.21 Å². The van der Waals surface area contributed by atoms with Crippen LogP contribution in [0.2, 0.25) is 0 Å². The summed E-state index contributed by atoms with van der Waals surface area (Å²) >= 11 is 0. The second-order valence-corrected chi connectivity index (χ2v) is 8.57. The molecule has 0 spiro atoms. The van der Waals surface area contributed by atoms with Gasteiger partial charge in [-0.05, 0) is 55.0 Å². The molecule has 2 unspecified atom stereocenters. The fourth-order valence-corrected chi connectivity index (χ4v) is 5.23. The predicted molar refractivity (Wildman–Crippen MR) is 108 cm³/mol. The van der Waals surface area contributed by atoms with Gasteiger partial charge in [0.25, 0.3) is 5.91 Å². The standard InChI is InChI=1S/C20H21N4O2P/c1-12-22-16-3-2-14(10-17(16)26-12)18-11-19(25)24-20(27-18)5-4-15(23-24)13-6-8-21-9-7-13/h2-5,10-11,13,20-21,27H,6-9H2,1H3. The van der Waals surface area contributed by atoms with Gasteiger partial charge in [0.2, 0.25) is 0 Å². The largest absolute Gasteiger partial charge is 0.441 e. The lowest BCUT2D eigenvalue weighted by molar-refractivity contribution is -0.126. The smallest absolute Gasteiger partial charge is 0.268 e. The summed E-state index contributed by atoms with van der Waals surface area (Å²) in [5.41, 5.74) is 3.67. The van der Waals surface area contributed by atoms with E-state index in [0.29, 0.717) is 20.4 Å². The number of nitrogens with one attached hydrogen (secondary N) is 1. The van der Waals surface area contributed by atoms with Crippen LogP contribution in [0.4, 0.5) is 0 Å². The van der Waals surface area contributed by atoms with E-state index in [4.69, 9.17) is 9.52 Å². The number of nitrogens with zero attached hydrogens (tertiary/aromatic N) is 3. The number of carbonyl (C=O) groups excluding carboxylic acids is 1. The van der Waals surface area contributed by atoms with Gasteiger partial charge in [-0.15, -0.1) is 0 Å². The van der Waals surface area contributed by atoms with Crippen LogP contribution in [0.25, 0.3) is 16.4 Å². The number of fused-ring (bicyclic) bond motifs is 2. The summed E-state index contributed by atoms with van der Waals surface area (Å²) < 4.78 is 5.64. The predicted octanol–water partition coefficient (Wildman–Crippen LogP) is 3.25. The van der Waals surface area contributed by atoms with Gasteiger partial charge in [-0.25, -0.2) is 9.99 Å². The van der Waals surface area contributed by atoms with E-state index < -0.39 is 0 Å². The molecule has 1 amide bonds. The third-order valence-corrected chi connectivity index (χ3v) is 6.77. The van der Waals surface area contributed by atoms with Crippen LogP contribution in [0.5, 0.6) is 0 Å². The van der Waals surface area contributed by atoms with E-state index in [0.717, 1.165) is 53.6 Å². The number of allylic oxidation sites excluding steroid dienone is 1. The molecule has 1 aromatic carbocycles. The summed E-state index contributed by atoms with van der Waals surface area (Å²) in [5, 5.41) is 10.8. The summed E-state index contributed by atoms with van der Waals surface area (Å²) in [5.74, 6) is 1.06. The summed E-state index contributed by atoms with van der Waals surface area (Å²) in [7, 11) is 0.460. The van der Waals surface area contributed by atoms with Gasteiger partial charge in [-0.2, -0.15) is 5.10 Å². The molecule has 4 heterocycles. The highest BCUT2D eigenvalue weighted by atomic mass is 31.1. The third-order valence-electron chi connectivity index (χ3n) is 5.30. The zero-order valence-electron chi connectivity index (χ0n) is 15.1. The molecule has 0 aliphatic carbocycles. The highest BCUT2D eigenvalue weighted by Gasteiger charge is 2.31. The van der Waals surface area contributed by atoms with Crippen LogP contribution in [0.15, 0.2) is 45.9 Å². The van der Waals surface area contributed by atoms with Crippen LogP contribution in [0, 0.1) is 12.8 Å². The lowest BCUT2D eigenvalue weighted by atomic mass is 9.92. The van der Waals surface area contributed by atoms with E-state index in [1.54, 1.807) is 11.1 Å². The normalized spacial score (nSPS) is 24.3. The molecule has 0 radical (unpaired) electrons. The quantitative estimate of drug-likeness (QED) is 0.812. The first-order chi connectivity index (χ1) is 13.2. The van der Waals surface area contributed by atoms with Gasteiger partial charge in [-0.1, -0.05) is 20.7 Å². The lowest BCUT2D eigenvalue weighted by Gasteiger charge is -2.34. The van der Waals surface area contributed by atoms with E-state index in [1.165, 1.54) is 0 Å². The van der Waals surface area contributed by atoms with E-state index >= 15 is 0 Å². The number of hydrogen-bond acceptors (Lipinski definition) is 5. The van der Waals surface area contributed by atoms with Gasteiger partial charge in [0.1, 0.15) is 5.52 Å². The molecule has 3 aliphatic heterocycles. The number of amides is 1. The molecule has 27 heavy (non-hydrogen) atoms. The second kappa shape index (κ2) is 6.70. The number of hydrazone groups is 1. The van der Waals surface area contributed by atoms with Crippen LogP contribution >= 0.6 is 8.58 Å². The van der Waals surface area contributed by atoms with Crippen molar-refractivity contribution >= 4 is 36.6 Å². The molecule has 0 bridgehead atoms. The molecule has 2 atom stereocenters. The molecular weight excluding hydrogens is 359 g/mol. The Labute approximate surface area is 159 Å². The average Bonchev–Trinajstić information content (AvgIpc) is 3.07. The molecule has 7 heteroatoms. The number of aryl methyl sites for hydroxylation is 1. The van der Waals surface area contributed by atoms with Crippen LogP contribution in [-0.2, 0) is 4.79 Å². The van der Waals surface area contributed by atoms with Gasteiger partial charge in [-0.3, -0.25) is 4.79 Å². The Morgan fingerprint density at radius 2 is 2.15 bits per heavy atom. The SMILES string of the molecule is Cc1nc2ccc(C3=CC(=O)N4N=C(C5CCNCC5)C=CC4P3)cc2o1. The van der Waals surface area contributed by atoms with Gasteiger partial charge < -0.3 is 9.73 Å². The Hall–Kier alpha value is -2.30. The Morgan fingerprint density at radius 1 is 1.30 bits per heavy atom. The maximum atomic E-state index is 12.8. The molecule has 1 saturated heterocycles. The number of benzene rings is 1. The van der Waals surface area contributed by atoms with Crippen molar-refractivity contribution in [2.45, 2.75) is 25.5 Å². The number of carbonyl (C=O) groups is 1. The summed E-state index contributed by atoms with van der Waals surface area (Å²) in [6.45, 7) is 3.88. The van der Waals surface area contributed by atoms with E-state index in [2.05, 4.69) is 22.5 Å².